The predicted molar refractivity (Wildman–Crippen MR) is 133 cm³/mol. The highest BCUT2D eigenvalue weighted by molar-refractivity contribution is 7.80. The number of pyridine rings is 1. The van der Waals surface area contributed by atoms with Crippen LogP contribution in [0.15, 0.2) is 83.4 Å². The molecule has 2 aromatic carbocycles. The van der Waals surface area contributed by atoms with Gasteiger partial charge in [-0.3, -0.25) is 9.78 Å². The first-order chi connectivity index (χ1) is 16.1. The summed E-state index contributed by atoms with van der Waals surface area (Å²) in [6.45, 7) is 2.37. The van der Waals surface area contributed by atoms with Crippen molar-refractivity contribution < 1.29 is 9.21 Å². The van der Waals surface area contributed by atoms with Crippen molar-refractivity contribution in [2.75, 3.05) is 11.9 Å². The molecule has 0 radical (unpaired) electrons. The Kier molecular flexibility index (Phi) is 5.79. The second kappa shape index (κ2) is 9.03. The lowest BCUT2D eigenvalue weighted by molar-refractivity contribution is -0.116. The molecule has 2 atom stereocenters. The van der Waals surface area contributed by atoms with Crippen molar-refractivity contribution in [1.82, 2.24) is 15.2 Å². The van der Waals surface area contributed by atoms with Gasteiger partial charge in [-0.05, 0) is 54.9 Å². The lowest BCUT2D eigenvalue weighted by Crippen LogP contribution is -2.32. The molecule has 7 heteroatoms. The average Bonchev–Trinajstić information content (AvgIpc) is 3.41. The smallest absolute Gasteiger partial charge is 0.226 e. The number of fused-ring (bicyclic) bond motifs is 1. The topological polar surface area (TPSA) is 70.4 Å². The Morgan fingerprint density at radius 1 is 1.09 bits per heavy atom. The molecule has 0 unspecified atom stereocenters. The van der Waals surface area contributed by atoms with Crippen LogP contribution < -0.4 is 10.6 Å². The second-order valence-electron chi connectivity index (χ2n) is 8.09. The number of hydrogen-bond acceptors (Lipinski definition) is 4. The quantitative estimate of drug-likeness (QED) is 0.392. The monoisotopic (exact) mass is 456 g/mol. The molecule has 1 aliphatic heterocycles. The van der Waals surface area contributed by atoms with E-state index in [9.17, 15) is 4.79 Å². The molecular weight excluding hydrogens is 432 g/mol. The summed E-state index contributed by atoms with van der Waals surface area (Å²) in [7, 11) is 0. The summed E-state index contributed by atoms with van der Waals surface area (Å²) >= 11 is 5.66. The van der Waals surface area contributed by atoms with Crippen molar-refractivity contribution >= 4 is 39.7 Å². The van der Waals surface area contributed by atoms with Crippen LogP contribution in [0, 0.1) is 6.92 Å². The van der Waals surface area contributed by atoms with E-state index in [-0.39, 0.29) is 24.4 Å². The molecule has 1 amide bonds. The SMILES string of the molecule is Cc1ccc([C@@H]2[C@@H](c3ccccn3)NC(=S)N2CCC(=O)Nc2cccc3ccccc23)o1. The summed E-state index contributed by atoms with van der Waals surface area (Å²) in [4.78, 5) is 19.4. The van der Waals surface area contributed by atoms with Gasteiger partial charge in [-0.25, -0.2) is 0 Å². The van der Waals surface area contributed by atoms with E-state index in [4.69, 9.17) is 16.6 Å². The molecule has 0 aliphatic carbocycles. The number of carbonyl (C=O) groups excluding carboxylic acids is 1. The van der Waals surface area contributed by atoms with Gasteiger partial charge in [-0.15, -0.1) is 0 Å². The normalized spacial score (nSPS) is 17.8. The second-order valence-corrected chi connectivity index (χ2v) is 8.48. The third kappa shape index (κ3) is 4.32. The number of furan rings is 1. The van der Waals surface area contributed by atoms with E-state index in [1.165, 1.54) is 0 Å². The van der Waals surface area contributed by atoms with Crippen LogP contribution in [0.4, 0.5) is 5.69 Å². The zero-order valence-electron chi connectivity index (χ0n) is 18.2. The third-order valence-corrected chi connectivity index (χ3v) is 6.25. The average molecular weight is 457 g/mol. The minimum Gasteiger partial charge on any atom is -0.464 e. The molecule has 2 N–H and O–H groups in total. The maximum atomic E-state index is 12.9. The Balaban J connectivity index is 1.35. The van der Waals surface area contributed by atoms with Crippen LogP contribution in [-0.2, 0) is 4.79 Å². The largest absolute Gasteiger partial charge is 0.464 e. The van der Waals surface area contributed by atoms with Crippen molar-refractivity contribution in [3.05, 3.63) is 96.2 Å². The number of thiocarbonyl (C=S) groups is 1. The van der Waals surface area contributed by atoms with Gasteiger partial charge in [-0.2, -0.15) is 0 Å². The number of anilines is 1. The van der Waals surface area contributed by atoms with Gasteiger partial charge in [0.25, 0.3) is 0 Å². The first-order valence-electron chi connectivity index (χ1n) is 10.9. The number of rotatable bonds is 6. The van der Waals surface area contributed by atoms with Gasteiger partial charge < -0.3 is 20.0 Å². The van der Waals surface area contributed by atoms with Gasteiger partial charge in [0.1, 0.15) is 17.6 Å². The summed E-state index contributed by atoms with van der Waals surface area (Å²) in [5, 5.41) is 9.13. The van der Waals surface area contributed by atoms with E-state index in [1.54, 1.807) is 6.20 Å². The predicted octanol–water partition coefficient (Wildman–Crippen LogP) is 5.14. The number of nitrogens with zero attached hydrogens (tertiary/aromatic N) is 2. The number of aryl methyl sites for hydroxylation is 1. The molecule has 0 bridgehead atoms. The standard InChI is InChI=1S/C26H24N4O2S/c1-17-12-13-22(32-17)25-24(21-10-4-5-15-27-21)29-26(33)30(25)16-14-23(31)28-20-11-6-8-18-7-2-3-9-19(18)20/h2-13,15,24-25H,14,16H2,1H3,(H,28,31)(H,29,33)/t24-,25-/m1/s1. The fraction of sp³-hybridized carbons (Fsp3) is 0.192. The van der Waals surface area contributed by atoms with Crippen LogP contribution >= 0.6 is 12.2 Å². The first kappa shape index (κ1) is 21.2. The minimum atomic E-state index is -0.188. The van der Waals surface area contributed by atoms with Gasteiger partial charge in [0.2, 0.25) is 5.91 Å². The number of benzene rings is 2. The molecule has 166 valence electrons. The molecule has 2 aromatic heterocycles. The van der Waals surface area contributed by atoms with Crippen LogP contribution in [0.5, 0.6) is 0 Å². The molecule has 5 rings (SSSR count). The van der Waals surface area contributed by atoms with Gasteiger partial charge >= 0.3 is 0 Å². The lowest BCUT2D eigenvalue weighted by atomic mass is 10.0. The highest BCUT2D eigenvalue weighted by Crippen LogP contribution is 2.39. The third-order valence-electron chi connectivity index (χ3n) is 5.89. The van der Waals surface area contributed by atoms with E-state index >= 15 is 0 Å². The Morgan fingerprint density at radius 2 is 1.91 bits per heavy atom. The number of hydrogen-bond donors (Lipinski definition) is 2. The Hall–Kier alpha value is -3.71. The zero-order chi connectivity index (χ0) is 22.8. The summed E-state index contributed by atoms with van der Waals surface area (Å²) in [5.74, 6) is 1.56. The number of amides is 1. The highest BCUT2D eigenvalue weighted by atomic mass is 32.1. The molecule has 0 saturated carbocycles. The van der Waals surface area contributed by atoms with Crippen LogP contribution in [0.1, 0.15) is 35.7 Å². The van der Waals surface area contributed by atoms with Gasteiger partial charge in [0.15, 0.2) is 5.11 Å². The summed E-state index contributed by atoms with van der Waals surface area (Å²) in [6.07, 6.45) is 2.06. The van der Waals surface area contributed by atoms with E-state index in [1.807, 2.05) is 84.6 Å². The van der Waals surface area contributed by atoms with Gasteiger partial charge in [0.05, 0.1) is 11.7 Å². The first-order valence-corrected chi connectivity index (χ1v) is 11.3. The van der Waals surface area contributed by atoms with Crippen LogP contribution in [0.25, 0.3) is 10.8 Å². The number of aromatic nitrogens is 1. The van der Waals surface area contributed by atoms with Gasteiger partial charge in [-0.1, -0.05) is 42.5 Å². The molecule has 1 aliphatic rings. The Morgan fingerprint density at radius 3 is 2.70 bits per heavy atom. The summed E-state index contributed by atoms with van der Waals surface area (Å²) in [6, 6.07) is 23.3. The molecular formula is C26H24N4O2S. The zero-order valence-corrected chi connectivity index (χ0v) is 19.0. The highest BCUT2D eigenvalue weighted by Gasteiger charge is 2.41. The van der Waals surface area contributed by atoms with Crippen molar-refractivity contribution in [3.63, 3.8) is 0 Å². The molecule has 3 heterocycles. The number of nitrogens with one attached hydrogen (secondary N) is 2. The lowest BCUT2D eigenvalue weighted by Gasteiger charge is -2.25. The molecule has 0 spiro atoms. The summed E-state index contributed by atoms with van der Waals surface area (Å²) in [5.41, 5.74) is 1.69. The molecule has 33 heavy (non-hydrogen) atoms. The Labute approximate surface area is 197 Å². The van der Waals surface area contributed by atoms with Crippen molar-refractivity contribution in [3.8, 4) is 0 Å². The Bertz CT molecular complexity index is 1300. The minimum absolute atomic E-state index is 0.0650. The van der Waals surface area contributed by atoms with Crippen molar-refractivity contribution in [2.45, 2.75) is 25.4 Å². The van der Waals surface area contributed by atoms with Crippen molar-refractivity contribution in [2.24, 2.45) is 0 Å². The van der Waals surface area contributed by atoms with E-state index < -0.39 is 0 Å². The fourth-order valence-corrected chi connectivity index (χ4v) is 4.67. The van der Waals surface area contributed by atoms with Crippen LogP contribution in [-0.4, -0.2) is 27.4 Å². The maximum Gasteiger partial charge on any atom is 0.226 e. The van der Waals surface area contributed by atoms with Gasteiger partial charge in [0, 0.05) is 30.2 Å². The number of carbonyl (C=O) groups is 1. The van der Waals surface area contributed by atoms with Crippen LogP contribution in [0.2, 0.25) is 0 Å². The fourth-order valence-electron chi connectivity index (χ4n) is 4.34. The van der Waals surface area contributed by atoms with E-state index in [2.05, 4.69) is 15.6 Å². The molecule has 6 nitrogen and oxygen atoms in total. The van der Waals surface area contributed by atoms with Crippen LogP contribution in [0.3, 0.4) is 0 Å². The van der Waals surface area contributed by atoms with E-state index in [0.717, 1.165) is 33.7 Å². The molecule has 1 saturated heterocycles. The van der Waals surface area contributed by atoms with E-state index in [0.29, 0.717) is 11.7 Å². The van der Waals surface area contributed by atoms with Crippen molar-refractivity contribution in [1.29, 1.82) is 0 Å². The summed E-state index contributed by atoms with van der Waals surface area (Å²) < 4.78 is 5.98. The maximum absolute atomic E-state index is 12.9. The molecule has 1 fully saturated rings. The molecule has 4 aromatic rings.